The molecule has 0 saturated heterocycles. The SMILES string of the molecule is CCC(=O)Nc1cccc(NC(=S)NC(=O)/C=C/c2ccc(-c3cc(Cl)cc(Cl)c3)o2)c1. The van der Waals surface area contributed by atoms with Crippen LogP contribution in [0.15, 0.2) is 65.1 Å². The maximum absolute atomic E-state index is 12.2. The van der Waals surface area contributed by atoms with Gasteiger partial charge < -0.3 is 15.1 Å². The van der Waals surface area contributed by atoms with Gasteiger partial charge in [-0.25, -0.2) is 0 Å². The highest BCUT2D eigenvalue weighted by Gasteiger charge is 2.07. The molecule has 164 valence electrons. The third kappa shape index (κ3) is 6.95. The van der Waals surface area contributed by atoms with Crippen molar-refractivity contribution in [1.82, 2.24) is 5.32 Å². The molecular formula is C23H19Cl2N3O3S. The van der Waals surface area contributed by atoms with Gasteiger partial charge in [0.05, 0.1) is 0 Å². The summed E-state index contributed by atoms with van der Waals surface area (Å²) in [5.74, 6) is 0.524. The molecule has 3 N–H and O–H groups in total. The maximum atomic E-state index is 12.2. The van der Waals surface area contributed by atoms with Crippen molar-refractivity contribution in [3.05, 3.63) is 76.5 Å². The van der Waals surface area contributed by atoms with E-state index in [4.69, 9.17) is 39.8 Å². The van der Waals surface area contributed by atoms with Gasteiger partial charge in [0.15, 0.2) is 5.11 Å². The first-order valence-electron chi connectivity index (χ1n) is 9.58. The molecule has 0 spiro atoms. The summed E-state index contributed by atoms with van der Waals surface area (Å²) in [6, 6.07) is 15.6. The van der Waals surface area contributed by atoms with Crippen LogP contribution in [0.5, 0.6) is 0 Å². The standard InChI is InChI=1S/C23H19Cl2N3O3S/c1-2-21(29)26-17-4-3-5-18(13-17)27-23(32)28-22(30)9-7-19-6-8-20(31-19)14-10-15(24)12-16(25)11-14/h3-13H,2H2,1H3,(H,26,29)(H2,27,28,30,32)/b9-7+. The summed E-state index contributed by atoms with van der Waals surface area (Å²) < 4.78 is 5.72. The molecule has 0 radical (unpaired) electrons. The van der Waals surface area contributed by atoms with E-state index in [2.05, 4.69) is 16.0 Å². The molecule has 6 nitrogen and oxygen atoms in total. The zero-order valence-electron chi connectivity index (χ0n) is 16.9. The Balaban J connectivity index is 1.56. The molecular weight excluding hydrogens is 469 g/mol. The zero-order chi connectivity index (χ0) is 23.1. The molecule has 9 heteroatoms. The zero-order valence-corrected chi connectivity index (χ0v) is 19.3. The van der Waals surface area contributed by atoms with Crippen molar-refractivity contribution < 1.29 is 14.0 Å². The lowest BCUT2D eigenvalue weighted by Gasteiger charge is -2.10. The number of hydrogen-bond donors (Lipinski definition) is 3. The first-order chi connectivity index (χ1) is 15.3. The van der Waals surface area contributed by atoms with Gasteiger partial charge in [0.2, 0.25) is 11.8 Å². The molecule has 0 unspecified atom stereocenters. The van der Waals surface area contributed by atoms with Gasteiger partial charge in [0.25, 0.3) is 0 Å². The predicted octanol–water partition coefficient (Wildman–Crippen LogP) is 6.13. The topological polar surface area (TPSA) is 83.4 Å². The molecule has 3 aromatic rings. The van der Waals surface area contributed by atoms with E-state index in [-0.39, 0.29) is 11.0 Å². The van der Waals surface area contributed by atoms with Crippen molar-refractivity contribution in [3.63, 3.8) is 0 Å². The Kier molecular flexibility index (Phi) is 8.05. The van der Waals surface area contributed by atoms with Crippen LogP contribution in [0, 0.1) is 0 Å². The van der Waals surface area contributed by atoms with Crippen LogP contribution in [0.4, 0.5) is 11.4 Å². The van der Waals surface area contributed by atoms with Crippen LogP contribution in [0.25, 0.3) is 17.4 Å². The van der Waals surface area contributed by atoms with Crippen LogP contribution in [-0.4, -0.2) is 16.9 Å². The van der Waals surface area contributed by atoms with Crippen molar-refractivity contribution in [2.45, 2.75) is 13.3 Å². The maximum Gasteiger partial charge on any atom is 0.250 e. The Morgan fingerprint density at radius 1 is 1.00 bits per heavy atom. The Labute approximate surface area is 200 Å². The Bertz CT molecular complexity index is 1170. The van der Waals surface area contributed by atoms with E-state index in [0.29, 0.717) is 39.4 Å². The van der Waals surface area contributed by atoms with E-state index in [9.17, 15) is 9.59 Å². The van der Waals surface area contributed by atoms with E-state index in [1.54, 1.807) is 61.5 Å². The van der Waals surface area contributed by atoms with E-state index in [1.807, 2.05) is 0 Å². The summed E-state index contributed by atoms with van der Waals surface area (Å²) in [5, 5.41) is 9.33. The Morgan fingerprint density at radius 2 is 1.69 bits per heavy atom. The number of amides is 2. The Morgan fingerprint density at radius 3 is 2.38 bits per heavy atom. The number of nitrogens with one attached hydrogen (secondary N) is 3. The van der Waals surface area contributed by atoms with Crippen LogP contribution < -0.4 is 16.0 Å². The Hall–Kier alpha value is -3.13. The number of carbonyl (C=O) groups is 2. The van der Waals surface area contributed by atoms with Crippen molar-refractivity contribution in [2.24, 2.45) is 0 Å². The summed E-state index contributed by atoms with van der Waals surface area (Å²) in [5.41, 5.74) is 1.99. The fourth-order valence-electron chi connectivity index (χ4n) is 2.69. The normalized spacial score (nSPS) is 10.7. The fraction of sp³-hybridized carbons (Fsp3) is 0.0870. The van der Waals surface area contributed by atoms with Crippen molar-refractivity contribution >= 4 is 69.8 Å². The number of anilines is 2. The largest absolute Gasteiger partial charge is 0.457 e. The predicted molar refractivity (Wildman–Crippen MR) is 133 cm³/mol. The van der Waals surface area contributed by atoms with Gasteiger partial charge in [-0.2, -0.15) is 0 Å². The third-order valence-electron chi connectivity index (χ3n) is 4.13. The summed E-state index contributed by atoms with van der Waals surface area (Å²) in [7, 11) is 0. The van der Waals surface area contributed by atoms with Gasteiger partial charge in [-0.3, -0.25) is 14.9 Å². The van der Waals surface area contributed by atoms with E-state index in [0.717, 1.165) is 5.56 Å². The smallest absolute Gasteiger partial charge is 0.250 e. The molecule has 0 aliphatic heterocycles. The molecule has 2 amide bonds. The van der Waals surface area contributed by atoms with E-state index in [1.165, 1.54) is 12.2 Å². The molecule has 2 aromatic carbocycles. The van der Waals surface area contributed by atoms with Gasteiger partial charge in [-0.1, -0.05) is 36.2 Å². The highest BCUT2D eigenvalue weighted by Crippen LogP contribution is 2.28. The molecule has 0 saturated carbocycles. The molecule has 0 aliphatic rings. The van der Waals surface area contributed by atoms with Crippen molar-refractivity contribution in [1.29, 1.82) is 0 Å². The minimum atomic E-state index is -0.429. The van der Waals surface area contributed by atoms with Crippen LogP contribution >= 0.6 is 35.4 Å². The van der Waals surface area contributed by atoms with Crippen molar-refractivity contribution in [2.75, 3.05) is 10.6 Å². The van der Waals surface area contributed by atoms with E-state index >= 15 is 0 Å². The lowest BCUT2D eigenvalue weighted by atomic mass is 10.2. The average molecular weight is 488 g/mol. The lowest BCUT2D eigenvalue weighted by molar-refractivity contribution is -0.116. The molecule has 3 rings (SSSR count). The van der Waals surface area contributed by atoms with E-state index < -0.39 is 5.91 Å². The molecule has 32 heavy (non-hydrogen) atoms. The first-order valence-corrected chi connectivity index (χ1v) is 10.7. The van der Waals surface area contributed by atoms with Crippen LogP contribution in [0.2, 0.25) is 10.0 Å². The molecule has 0 bridgehead atoms. The van der Waals surface area contributed by atoms with Gasteiger partial charge in [0.1, 0.15) is 11.5 Å². The second kappa shape index (κ2) is 10.9. The lowest BCUT2D eigenvalue weighted by Crippen LogP contribution is -2.32. The molecule has 1 heterocycles. The fourth-order valence-corrected chi connectivity index (χ4v) is 3.44. The quantitative estimate of drug-likeness (QED) is 0.287. The summed E-state index contributed by atoms with van der Waals surface area (Å²) in [6.07, 6.45) is 3.20. The third-order valence-corrected chi connectivity index (χ3v) is 4.78. The number of hydrogen-bond acceptors (Lipinski definition) is 4. The number of furan rings is 1. The highest BCUT2D eigenvalue weighted by molar-refractivity contribution is 7.80. The molecule has 0 aliphatic carbocycles. The number of benzene rings is 2. The highest BCUT2D eigenvalue weighted by atomic mass is 35.5. The minimum Gasteiger partial charge on any atom is -0.457 e. The molecule has 0 atom stereocenters. The number of carbonyl (C=O) groups excluding carboxylic acids is 2. The van der Waals surface area contributed by atoms with Gasteiger partial charge >= 0.3 is 0 Å². The minimum absolute atomic E-state index is 0.0947. The number of thiocarbonyl (C=S) groups is 1. The average Bonchev–Trinajstić information content (AvgIpc) is 3.21. The number of halogens is 2. The number of rotatable bonds is 6. The van der Waals surface area contributed by atoms with Crippen LogP contribution in [0.3, 0.4) is 0 Å². The monoisotopic (exact) mass is 487 g/mol. The van der Waals surface area contributed by atoms with Gasteiger partial charge in [-0.15, -0.1) is 0 Å². The van der Waals surface area contributed by atoms with Crippen LogP contribution in [0.1, 0.15) is 19.1 Å². The molecule has 0 fully saturated rings. The second-order valence-electron chi connectivity index (χ2n) is 6.62. The summed E-state index contributed by atoms with van der Waals surface area (Å²) in [6.45, 7) is 1.77. The second-order valence-corrected chi connectivity index (χ2v) is 7.90. The first kappa shape index (κ1) is 23.5. The summed E-state index contributed by atoms with van der Waals surface area (Å²) >= 11 is 17.2. The molecule has 1 aromatic heterocycles. The van der Waals surface area contributed by atoms with Crippen LogP contribution in [-0.2, 0) is 9.59 Å². The summed E-state index contributed by atoms with van der Waals surface area (Å²) in [4.78, 5) is 23.7. The van der Waals surface area contributed by atoms with Gasteiger partial charge in [0, 0.05) is 39.5 Å². The van der Waals surface area contributed by atoms with Crippen molar-refractivity contribution in [3.8, 4) is 11.3 Å². The van der Waals surface area contributed by atoms with Gasteiger partial charge in [-0.05, 0) is 66.8 Å².